The molecule has 20 heavy (non-hydrogen) atoms. The van der Waals surface area contributed by atoms with Crippen molar-refractivity contribution in [2.24, 2.45) is 0 Å². The van der Waals surface area contributed by atoms with Crippen LogP contribution in [0.2, 0.25) is 0 Å². The Labute approximate surface area is 120 Å². The van der Waals surface area contributed by atoms with Crippen molar-refractivity contribution in [1.29, 1.82) is 0 Å². The molecule has 1 saturated carbocycles. The molecular formula is C15H27F3N2. The normalized spacial score (nSPS) is 31.6. The fraction of sp³-hybridized carbons (Fsp3) is 1.00. The van der Waals surface area contributed by atoms with Gasteiger partial charge in [0.15, 0.2) is 0 Å². The molecule has 0 aromatic rings. The average Bonchev–Trinajstić information content (AvgIpc) is 2.41. The summed E-state index contributed by atoms with van der Waals surface area (Å²) in [5.41, 5.74) is -0.0769. The zero-order valence-electron chi connectivity index (χ0n) is 12.7. The molecule has 2 nitrogen and oxygen atoms in total. The van der Waals surface area contributed by atoms with Gasteiger partial charge in [-0.1, -0.05) is 26.2 Å². The smallest absolute Gasteiger partial charge is 0.308 e. The maximum absolute atomic E-state index is 12.6. The van der Waals surface area contributed by atoms with Crippen molar-refractivity contribution in [1.82, 2.24) is 10.2 Å². The Balaban J connectivity index is 2.09. The van der Waals surface area contributed by atoms with Crippen molar-refractivity contribution in [2.75, 3.05) is 19.6 Å². The lowest BCUT2D eigenvalue weighted by Crippen LogP contribution is -2.69. The number of nitrogens with one attached hydrogen (secondary N) is 1. The third-order valence-electron chi connectivity index (χ3n) is 5.28. The van der Waals surface area contributed by atoms with Crippen LogP contribution < -0.4 is 5.32 Å². The number of alkyl halides is 3. The van der Waals surface area contributed by atoms with Crippen LogP contribution in [0.5, 0.6) is 0 Å². The van der Waals surface area contributed by atoms with E-state index in [1.54, 1.807) is 0 Å². The van der Waals surface area contributed by atoms with Gasteiger partial charge in [-0.05, 0) is 26.2 Å². The number of halogens is 3. The SMILES string of the molecule is CCC1(C)CN(CCC(F)(F)F)C2(CCCCC2)CN1. The second-order valence-electron chi connectivity index (χ2n) is 6.84. The summed E-state index contributed by atoms with van der Waals surface area (Å²) in [5.74, 6) is 0. The molecule has 0 aromatic carbocycles. The highest BCUT2D eigenvalue weighted by Crippen LogP contribution is 2.38. The van der Waals surface area contributed by atoms with E-state index in [1.165, 1.54) is 6.42 Å². The summed E-state index contributed by atoms with van der Waals surface area (Å²) < 4.78 is 37.8. The van der Waals surface area contributed by atoms with Gasteiger partial charge in [0.25, 0.3) is 0 Å². The number of rotatable bonds is 3. The number of hydrogen-bond donors (Lipinski definition) is 1. The highest BCUT2D eigenvalue weighted by molar-refractivity contribution is 5.04. The summed E-state index contributed by atoms with van der Waals surface area (Å²) >= 11 is 0. The Morgan fingerprint density at radius 1 is 1.15 bits per heavy atom. The largest absolute Gasteiger partial charge is 0.390 e. The molecule has 1 unspecified atom stereocenters. The zero-order chi connectivity index (χ0) is 14.9. The molecule has 1 atom stereocenters. The summed E-state index contributed by atoms with van der Waals surface area (Å²) in [6.07, 6.45) is 1.80. The lowest BCUT2D eigenvalue weighted by molar-refractivity contribution is -0.145. The Morgan fingerprint density at radius 3 is 2.35 bits per heavy atom. The maximum Gasteiger partial charge on any atom is 0.390 e. The summed E-state index contributed by atoms with van der Waals surface area (Å²) in [7, 11) is 0. The van der Waals surface area contributed by atoms with Crippen LogP contribution in [0.1, 0.15) is 58.8 Å². The number of piperazine rings is 1. The van der Waals surface area contributed by atoms with E-state index in [0.29, 0.717) is 0 Å². The van der Waals surface area contributed by atoms with Crippen LogP contribution in [-0.2, 0) is 0 Å². The molecule has 2 rings (SSSR count). The summed E-state index contributed by atoms with van der Waals surface area (Å²) in [6, 6.07) is 0. The van der Waals surface area contributed by atoms with E-state index in [1.807, 2.05) is 0 Å². The Bertz CT molecular complexity index is 324. The van der Waals surface area contributed by atoms with Crippen molar-refractivity contribution in [3.05, 3.63) is 0 Å². The predicted molar refractivity (Wildman–Crippen MR) is 74.8 cm³/mol. The molecule has 5 heteroatoms. The van der Waals surface area contributed by atoms with Crippen LogP contribution in [-0.4, -0.2) is 41.8 Å². The fourth-order valence-corrected chi connectivity index (χ4v) is 3.65. The highest BCUT2D eigenvalue weighted by Gasteiger charge is 2.46. The van der Waals surface area contributed by atoms with Crippen molar-refractivity contribution in [2.45, 2.75) is 76.0 Å². The third kappa shape index (κ3) is 3.67. The van der Waals surface area contributed by atoms with Gasteiger partial charge < -0.3 is 5.32 Å². The van der Waals surface area contributed by atoms with E-state index in [2.05, 4.69) is 24.1 Å². The van der Waals surface area contributed by atoms with E-state index < -0.39 is 12.6 Å². The van der Waals surface area contributed by atoms with Crippen LogP contribution in [0, 0.1) is 0 Å². The summed E-state index contributed by atoms with van der Waals surface area (Å²) in [5, 5.41) is 3.61. The molecule has 0 aromatic heterocycles. The van der Waals surface area contributed by atoms with E-state index in [9.17, 15) is 13.2 Å². The van der Waals surface area contributed by atoms with E-state index in [-0.39, 0.29) is 17.6 Å². The summed E-state index contributed by atoms with van der Waals surface area (Å²) in [4.78, 5) is 2.15. The van der Waals surface area contributed by atoms with E-state index >= 15 is 0 Å². The van der Waals surface area contributed by atoms with Gasteiger partial charge in [0, 0.05) is 30.7 Å². The molecule has 2 aliphatic rings. The first-order valence-electron chi connectivity index (χ1n) is 7.85. The fourth-order valence-electron chi connectivity index (χ4n) is 3.65. The van der Waals surface area contributed by atoms with Crippen LogP contribution in [0.3, 0.4) is 0 Å². The van der Waals surface area contributed by atoms with Crippen molar-refractivity contribution in [3.63, 3.8) is 0 Å². The molecule has 1 heterocycles. The lowest BCUT2D eigenvalue weighted by Gasteiger charge is -2.55. The molecule has 0 bridgehead atoms. The standard InChI is InChI=1S/C15H27F3N2/c1-3-13(2)12-20(10-9-15(16,17)18)14(11-19-13)7-5-4-6-8-14/h19H,3-12H2,1-2H3. The predicted octanol–water partition coefficient (Wildman–Crippen LogP) is 3.72. The number of nitrogens with zero attached hydrogens (tertiary/aromatic N) is 1. The topological polar surface area (TPSA) is 15.3 Å². The van der Waals surface area contributed by atoms with Crippen molar-refractivity contribution in [3.8, 4) is 0 Å². The summed E-state index contributed by atoms with van der Waals surface area (Å²) in [6.45, 7) is 5.96. The molecule has 1 N–H and O–H groups in total. The monoisotopic (exact) mass is 292 g/mol. The van der Waals surface area contributed by atoms with Gasteiger partial charge in [0.1, 0.15) is 0 Å². The van der Waals surface area contributed by atoms with Gasteiger partial charge >= 0.3 is 6.18 Å². The average molecular weight is 292 g/mol. The molecule has 1 aliphatic carbocycles. The molecule has 1 aliphatic heterocycles. The van der Waals surface area contributed by atoms with Gasteiger partial charge in [-0.15, -0.1) is 0 Å². The van der Waals surface area contributed by atoms with Gasteiger partial charge in [-0.25, -0.2) is 0 Å². The quantitative estimate of drug-likeness (QED) is 0.853. The molecule has 1 spiro atoms. The minimum Gasteiger partial charge on any atom is -0.308 e. The van der Waals surface area contributed by atoms with Gasteiger partial charge in [0.05, 0.1) is 6.42 Å². The van der Waals surface area contributed by atoms with Gasteiger partial charge in [0.2, 0.25) is 0 Å². The zero-order valence-corrected chi connectivity index (χ0v) is 12.7. The van der Waals surface area contributed by atoms with Gasteiger partial charge in [-0.3, -0.25) is 4.90 Å². The third-order valence-corrected chi connectivity index (χ3v) is 5.28. The molecule has 0 radical (unpaired) electrons. The van der Waals surface area contributed by atoms with E-state index in [4.69, 9.17) is 0 Å². The first kappa shape index (κ1) is 16.1. The first-order chi connectivity index (χ1) is 9.29. The molecule has 0 amide bonds. The van der Waals surface area contributed by atoms with Gasteiger partial charge in [-0.2, -0.15) is 13.2 Å². The lowest BCUT2D eigenvalue weighted by atomic mass is 9.76. The molecule has 1 saturated heterocycles. The Morgan fingerprint density at radius 2 is 1.80 bits per heavy atom. The van der Waals surface area contributed by atoms with E-state index in [0.717, 1.165) is 45.2 Å². The van der Waals surface area contributed by atoms with Crippen LogP contribution >= 0.6 is 0 Å². The Kier molecular flexibility index (Phi) is 4.69. The maximum atomic E-state index is 12.6. The van der Waals surface area contributed by atoms with Crippen LogP contribution in [0.4, 0.5) is 13.2 Å². The second-order valence-corrected chi connectivity index (χ2v) is 6.84. The first-order valence-corrected chi connectivity index (χ1v) is 7.85. The minimum absolute atomic E-state index is 0.0296. The highest BCUT2D eigenvalue weighted by atomic mass is 19.4. The van der Waals surface area contributed by atoms with Crippen LogP contribution in [0.25, 0.3) is 0 Å². The van der Waals surface area contributed by atoms with Crippen molar-refractivity contribution < 1.29 is 13.2 Å². The number of hydrogen-bond acceptors (Lipinski definition) is 2. The Hall–Kier alpha value is -0.290. The van der Waals surface area contributed by atoms with Crippen LogP contribution in [0.15, 0.2) is 0 Å². The second kappa shape index (κ2) is 5.84. The minimum atomic E-state index is -4.05. The van der Waals surface area contributed by atoms with Crippen molar-refractivity contribution >= 4 is 0 Å². The molecule has 118 valence electrons. The molecular weight excluding hydrogens is 265 g/mol. The molecule has 2 fully saturated rings.